The molecule has 3 nitrogen and oxygen atoms in total. The van der Waals surface area contributed by atoms with E-state index in [9.17, 15) is 4.79 Å². The summed E-state index contributed by atoms with van der Waals surface area (Å²) in [5.41, 5.74) is 1.41. The van der Waals surface area contributed by atoms with Crippen molar-refractivity contribution in [3.8, 4) is 0 Å². The van der Waals surface area contributed by atoms with Crippen LogP contribution in [0.5, 0.6) is 0 Å². The van der Waals surface area contributed by atoms with Gasteiger partial charge in [0, 0.05) is 13.1 Å². The normalized spacial score (nSPS) is 21.3. The van der Waals surface area contributed by atoms with Crippen molar-refractivity contribution in [3.05, 3.63) is 35.9 Å². The average molecular weight is 261 g/mol. The highest BCUT2D eigenvalue weighted by Crippen LogP contribution is 2.27. The average Bonchev–Trinajstić information content (AvgIpc) is 2.88. The minimum absolute atomic E-state index is 0.0329. The van der Waals surface area contributed by atoms with Crippen molar-refractivity contribution in [2.75, 3.05) is 26.2 Å². The second-order valence-corrected chi connectivity index (χ2v) is 5.31. The summed E-state index contributed by atoms with van der Waals surface area (Å²) in [6, 6.07) is 10.6. The van der Waals surface area contributed by atoms with E-state index < -0.39 is 0 Å². The summed E-state index contributed by atoms with van der Waals surface area (Å²) in [6.45, 7) is 7.20. The lowest BCUT2D eigenvalue weighted by Gasteiger charge is -2.19. The van der Waals surface area contributed by atoms with E-state index in [0.717, 1.165) is 19.6 Å². The second kappa shape index (κ2) is 6.71. The maximum atomic E-state index is 11.6. The Morgan fingerprint density at radius 1 is 1.42 bits per heavy atom. The van der Waals surface area contributed by atoms with Gasteiger partial charge in [0.2, 0.25) is 0 Å². The molecule has 2 rings (SSSR count). The van der Waals surface area contributed by atoms with Crippen LogP contribution in [0.2, 0.25) is 0 Å². The zero-order chi connectivity index (χ0) is 13.7. The van der Waals surface area contributed by atoms with E-state index in [1.165, 1.54) is 12.0 Å². The Labute approximate surface area is 115 Å². The first kappa shape index (κ1) is 14.1. The van der Waals surface area contributed by atoms with Crippen molar-refractivity contribution in [2.45, 2.75) is 26.2 Å². The number of carbonyl (C=O) groups is 1. The Morgan fingerprint density at radius 2 is 2.16 bits per heavy atom. The van der Waals surface area contributed by atoms with Gasteiger partial charge in [0.05, 0.1) is 12.5 Å². The third-order valence-corrected chi connectivity index (χ3v) is 3.76. The first-order chi connectivity index (χ1) is 9.20. The number of hydrogen-bond acceptors (Lipinski definition) is 3. The van der Waals surface area contributed by atoms with E-state index in [2.05, 4.69) is 35.2 Å². The van der Waals surface area contributed by atoms with Crippen LogP contribution < -0.4 is 0 Å². The van der Waals surface area contributed by atoms with Crippen LogP contribution >= 0.6 is 0 Å². The minimum Gasteiger partial charge on any atom is -0.466 e. The van der Waals surface area contributed by atoms with Crippen LogP contribution in [0.4, 0.5) is 0 Å². The number of nitrogens with zero attached hydrogens (tertiary/aromatic N) is 1. The molecule has 3 heteroatoms. The third-order valence-electron chi connectivity index (χ3n) is 3.76. The van der Waals surface area contributed by atoms with Gasteiger partial charge in [-0.05, 0) is 31.4 Å². The SMILES string of the molecule is CCOC(=O)C(C)CN1CCC(c2ccccc2)C1. The molecule has 1 aromatic carbocycles. The Morgan fingerprint density at radius 3 is 2.84 bits per heavy atom. The molecule has 1 saturated heterocycles. The third kappa shape index (κ3) is 3.80. The van der Waals surface area contributed by atoms with Gasteiger partial charge in [0.25, 0.3) is 0 Å². The molecule has 2 atom stereocenters. The molecule has 104 valence electrons. The summed E-state index contributed by atoms with van der Waals surface area (Å²) >= 11 is 0. The van der Waals surface area contributed by atoms with Gasteiger partial charge in [-0.1, -0.05) is 37.3 Å². The predicted octanol–water partition coefficient (Wildman–Crippen LogP) is 2.68. The molecule has 0 aliphatic carbocycles. The molecule has 2 unspecified atom stereocenters. The van der Waals surface area contributed by atoms with Crippen LogP contribution in [0, 0.1) is 5.92 Å². The summed E-state index contributed by atoms with van der Waals surface area (Å²) in [6.07, 6.45) is 1.18. The summed E-state index contributed by atoms with van der Waals surface area (Å²) < 4.78 is 5.06. The molecule has 0 N–H and O–H groups in total. The maximum absolute atomic E-state index is 11.6. The van der Waals surface area contributed by atoms with Crippen molar-refractivity contribution in [3.63, 3.8) is 0 Å². The molecule has 0 bridgehead atoms. The highest BCUT2D eigenvalue weighted by Gasteiger charge is 2.26. The van der Waals surface area contributed by atoms with Gasteiger partial charge in [0.15, 0.2) is 0 Å². The molecule has 1 aliphatic heterocycles. The van der Waals surface area contributed by atoms with Crippen LogP contribution in [0.1, 0.15) is 31.7 Å². The summed E-state index contributed by atoms with van der Waals surface area (Å²) in [5, 5.41) is 0. The lowest BCUT2D eigenvalue weighted by atomic mass is 9.99. The van der Waals surface area contributed by atoms with Gasteiger partial charge in [-0.25, -0.2) is 0 Å². The van der Waals surface area contributed by atoms with E-state index in [1.54, 1.807) is 0 Å². The fourth-order valence-corrected chi connectivity index (χ4v) is 2.74. The fraction of sp³-hybridized carbons (Fsp3) is 0.562. The van der Waals surface area contributed by atoms with E-state index in [1.807, 2.05) is 13.8 Å². The van der Waals surface area contributed by atoms with Gasteiger partial charge >= 0.3 is 5.97 Å². The van der Waals surface area contributed by atoms with Gasteiger partial charge in [-0.15, -0.1) is 0 Å². The zero-order valence-electron chi connectivity index (χ0n) is 11.8. The van der Waals surface area contributed by atoms with Crippen molar-refractivity contribution in [1.82, 2.24) is 4.90 Å². The number of rotatable bonds is 5. The van der Waals surface area contributed by atoms with Crippen LogP contribution in [-0.2, 0) is 9.53 Å². The molecule has 1 aliphatic rings. The fourth-order valence-electron chi connectivity index (χ4n) is 2.74. The highest BCUT2D eigenvalue weighted by atomic mass is 16.5. The summed E-state index contributed by atoms with van der Waals surface area (Å²) in [4.78, 5) is 14.0. The zero-order valence-corrected chi connectivity index (χ0v) is 11.8. The van der Waals surface area contributed by atoms with Gasteiger partial charge in [0.1, 0.15) is 0 Å². The molecule has 19 heavy (non-hydrogen) atoms. The summed E-state index contributed by atoms with van der Waals surface area (Å²) in [7, 11) is 0. The largest absolute Gasteiger partial charge is 0.466 e. The molecule has 1 fully saturated rings. The molecule has 1 aromatic rings. The predicted molar refractivity (Wildman–Crippen MR) is 76.0 cm³/mol. The Bertz CT molecular complexity index is 404. The Kier molecular flexibility index (Phi) is 4.97. The number of ether oxygens (including phenoxy) is 1. The molecular formula is C16H23NO2. The lowest BCUT2D eigenvalue weighted by Crippen LogP contribution is -2.31. The van der Waals surface area contributed by atoms with E-state index >= 15 is 0 Å². The number of benzene rings is 1. The van der Waals surface area contributed by atoms with Crippen LogP contribution in [0.3, 0.4) is 0 Å². The van der Waals surface area contributed by atoms with Gasteiger partial charge < -0.3 is 9.64 Å². The van der Waals surface area contributed by atoms with Gasteiger partial charge in [-0.2, -0.15) is 0 Å². The monoisotopic (exact) mass is 261 g/mol. The number of hydrogen-bond donors (Lipinski definition) is 0. The molecule has 0 spiro atoms. The van der Waals surface area contributed by atoms with Gasteiger partial charge in [-0.3, -0.25) is 4.79 Å². The second-order valence-electron chi connectivity index (χ2n) is 5.31. The van der Waals surface area contributed by atoms with Crippen molar-refractivity contribution in [2.24, 2.45) is 5.92 Å². The molecule has 0 aromatic heterocycles. The van der Waals surface area contributed by atoms with Crippen LogP contribution in [0.15, 0.2) is 30.3 Å². The van der Waals surface area contributed by atoms with Crippen LogP contribution in [-0.4, -0.2) is 37.1 Å². The first-order valence-electron chi connectivity index (χ1n) is 7.14. The maximum Gasteiger partial charge on any atom is 0.309 e. The molecule has 0 radical (unpaired) electrons. The number of carbonyl (C=O) groups excluding carboxylic acids is 1. The Balaban J connectivity index is 1.84. The quantitative estimate of drug-likeness (QED) is 0.763. The first-order valence-corrected chi connectivity index (χ1v) is 7.14. The van der Waals surface area contributed by atoms with E-state index in [-0.39, 0.29) is 11.9 Å². The highest BCUT2D eigenvalue weighted by molar-refractivity contribution is 5.72. The van der Waals surface area contributed by atoms with Crippen molar-refractivity contribution in [1.29, 1.82) is 0 Å². The number of esters is 1. The lowest BCUT2D eigenvalue weighted by molar-refractivity contribution is -0.147. The van der Waals surface area contributed by atoms with Crippen LogP contribution in [0.25, 0.3) is 0 Å². The van der Waals surface area contributed by atoms with Crippen molar-refractivity contribution < 1.29 is 9.53 Å². The minimum atomic E-state index is -0.0781. The van der Waals surface area contributed by atoms with E-state index in [0.29, 0.717) is 12.5 Å². The molecule has 0 saturated carbocycles. The number of likely N-dealkylation sites (tertiary alicyclic amines) is 1. The molecule has 0 amide bonds. The molecular weight excluding hydrogens is 238 g/mol. The summed E-state index contributed by atoms with van der Waals surface area (Å²) in [5.74, 6) is 0.496. The topological polar surface area (TPSA) is 29.5 Å². The van der Waals surface area contributed by atoms with Crippen molar-refractivity contribution >= 4 is 5.97 Å². The van der Waals surface area contributed by atoms with E-state index in [4.69, 9.17) is 4.74 Å². The standard InChI is InChI=1S/C16H23NO2/c1-3-19-16(18)13(2)11-17-10-9-15(12-17)14-7-5-4-6-8-14/h4-8,13,15H,3,9-12H2,1-2H3. The molecule has 1 heterocycles. The smallest absolute Gasteiger partial charge is 0.309 e. The Hall–Kier alpha value is -1.35.